The van der Waals surface area contributed by atoms with Crippen molar-refractivity contribution < 1.29 is 0 Å². The summed E-state index contributed by atoms with van der Waals surface area (Å²) in [6, 6.07) is 8.25. The summed E-state index contributed by atoms with van der Waals surface area (Å²) in [7, 11) is 2.36. The molecule has 0 spiro atoms. The average Bonchev–Trinajstić information content (AvgIpc) is 2.50. The van der Waals surface area contributed by atoms with Crippen LogP contribution in [0.15, 0.2) is 18.2 Å². The van der Waals surface area contributed by atoms with E-state index < -0.39 is 0 Å². The Morgan fingerprint density at radius 2 is 2.05 bits per heavy atom. The van der Waals surface area contributed by atoms with Crippen molar-refractivity contribution in [2.45, 2.75) is 69.7 Å². The largest absolute Gasteiger partial charge is 0.303 e. The summed E-state index contributed by atoms with van der Waals surface area (Å²) in [6.07, 6.45) is 8.47. The van der Waals surface area contributed by atoms with Crippen molar-refractivity contribution in [2.75, 3.05) is 13.6 Å². The highest BCUT2D eigenvalue weighted by molar-refractivity contribution is 5.44. The third kappa shape index (κ3) is 1.93. The summed E-state index contributed by atoms with van der Waals surface area (Å²) >= 11 is 0. The number of hydrogen-bond donors (Lipinski definition) is 0. The second-order valence-electron chi connectivity index (χ2n) is 8.08. The van der Waals surface area contributed by atoms with Crippen molar-refractivity contribution in [1.29, 1.82) is 0 Å². The molecule has 2 aliphatic carbocycles. The topological polar surface area (TPSA) is 3.24 Å². The number of hydrogen-bond acceptors (Lipinski definition) is 1. The Bertz CT molecular complexity index is 547. The summed E-state index contributed by atoms with van der Waals surface area (Å²) < 4.78 is 0. The van der Waals surface area contributed by atoms with Gasteiger partial charge in [-0.05, 0) is 67.8 Å². The van der Waals surface area contributed by atoms with Gasteiger partial charge in [0.05, 0.1) is 0 Å². The van der Waals surface area contributed by atoms with Gasteiger partial charge in [-0.2, -0.15) is 0 Å². The maximum absolute atomic E-state index is 2.66. The SMILES string of the molecule is CC(C)c1ccc2c(c1)C13CCCCC1C(C2)N(C)CC3. The summed E-state index contributed by atoms with van der Waals surface area (Å²) in [5.74, 6) is 1.57. The molecule has 1 heteroatoms. The molecule has 114 valence electrons. The highest BCUT2D eigenvalue weighted by Crippen LogP contribution is 2.55. The molecule has 0 radical (unpaired) electrons. The zero-order chi connectivity index (χ0) is 14.6. The van der Waals surface area contributed by atoms with Crippen LogP contribution in [0.1, 0.15) is 68.6 Å². The predicted octanol–water partition coefficient (Wildman–Crippen LogP) is 4.50. The molecule has 1 saturated carbocycles. The fourth-order valence-electron chi connectivity index (χ4n) is 5.57. The van der Waals surface area contributed by atoms with Gasteiger partial charge in [-0.1, -0.05) is 44.9 Å². The van der Waals surface area contributed by atoms with E-state index in [1.165, 1.54) is 45.1 Å². The van der Waals surface area contributed by atoms with E-state index in [4.69, 9.17) is 0 Å². The molecular weight excluding hydrogens is 254 g/mol. The van der Waals surface area contributed by atoms with Gasteiger partial charge < -0.3 is 4.90 Å². The van der Waals surface area contributed by atoms with Crippen molar-refractivity contribution >= 4 is 0 Å². The lowest BCUT2D eigenvalue weighted by Crippen LogP contribution is -2.59. The smallest absolute Gasteiger partial charge is 0.0169 e. The van der Waals surface area contributed by atoms with Gasteiger partial charge in [0, 0.05) is 11.5 Å². The number of fused-ring (bicyclic) bond motifs is 1. The maximum atomic E-state index is 2.66. The Morgan fingerprint density at radius 1 is 1.19 bits per heavy atom. The first-order valence-corrected chi connectivity index (χ1v) is 8.95. The van der Waals surface area contributed by atoms with Crippen molar-refractivity contribution in [3.63, 3.8) is 0 Å². The van der Waals surface area contributed by atoms with E-state index in [9.17, 15) is 0 Å². The molecule has 2 bridgehead atoms. The number of rotatable bonds is 1. The van der Waals surface area contributed by atoms with E-state index in [0.29, 0.717) is 11.3 Å². The fourth-order valence-corrected chi connectivity index (χ4v) is 5.57. The first kappa shape index (κ1) is 13.8. The monoisotopic (exact) mass is 283 g/mol. The molecule has 1 nitrogen and oxygen atoms in total. The maximum Gasteiger partial charge on any atom is 0.0169 e. The third-order valence-electron chi connectivity index (χ3n) is 6.81. The Kier molecular flexibility index (Phi) is 3.19. The third-order valence-corrected chi connectivity index (χ3v) is 6.81. The van der Waals surface area contributed by atoms with Crippen LogP contribution in [0.25, 0.3) is 0 Å². The molecule has 3 aliphatic rings. The minimum atomic E-state index is 0.522. The van der Waals surface area contributed by atoms with Crippen molar-refractivity contribution in [2.24, 2.45) is 5.92 Å². The van der Waals surface area contributed by atoms with Gasteiger partial charge in [-0.3, -0.25) is 0 Å². The molecule has 21 heavy (non-hydrogen) atoms. The van der Waals surface area contributed by atoms with E-state index in [-0.39, 0.29) is 0 Å². The predicted molar refractivity (Wildman–Crippen MR) is 88.9 cm³/mol. The number of nitrogens with zero attached hydrogens (tertiary/aromatic N) is 1. The molecule has 1 heterocycles. The van der Waals surface area contributed by atoms with Crippen LogP contribution in [0.3, 0.4) is 0 Å². The molecule has 1 saturated heterocycles. The molecule has 1 aromatic carbocycles. The van der Waals surface area contributed by atoms with Gasteiger partial charge in [-0.25, -0.2) is 0 Å². The van der Waals surface area contributed by atoms with Crippen molar-refractivity contribution in [1.82, 2.24) is 4.90 Å². The van der Waals surface area contributed by atoms with Gasteiger partial charge in [0.15, 0.2) is 0 Å². The van der Waals surface area contributed by atoms with Crippen LogP contribution in [0.2, 0.25) is 0 Å². The van der Waals surface area contributed by atoms with Crippen LogP contribution in [0.5, 0.6) is 0 Å². The van der Waals surface area contributed by atoms with E-state index >= 15 is 0 Å². The number of likely N-dealkylation sites (tertiary alicyclic amines) is 1. The molecule has 1 aromatic rings. The van der Waals surface area contributed by atoms with Crippen LogP contribution in [0, 0.1) is 5.92 Å². The molecule has 0 amide bonds. The second kappa shape index (κ2) is 4.84. The fraction of sp³-hybridized carbons (Fsp3) is 0.700. The summed E-state index contributed by atoms with van der Waals surface area (Å²) in [5.41, 5.74) is 5.48. The quantitative estimate of drug-likeness (QED) is 0.733. The van der Waals surface area contributed by atoms with Crippen molar-refractivity contribution in [3.8, 4) is 0 Å². The highest BCUT2D eigenvalue weighted by atomic mass is 15.1. The first-order valence-electron chi connectivity index (χ1n) is 8.95. The first-order chi connectivity index (χ1) is 10.1. The molecule has 1 aliphatic heterocycles. The number of benzene rings is 1. The molecular formula is C20H29N. The van der Waals surface area contributed by atoms with Crippen molar-refractivity contribution in [3.05, 3.63) is 34.9 Å². The molecule has 3 atom stereocenters. The van der Waals surface area contributed by atoms with E-state index in [1.807, 2.05) is 0 Å². The van der Waals surface area contributed by atoms with Gasteiger partial charge in [0.25, 0.3) is 0 Å². The normalized spacial score (nSPS) is 35.4. The van der Waals surface area contributed by atoms with Gasteiger partial charge in [0.2, 0.25) is 0 Å². The van der Waals surface area contributed by atoms with Crippen LogP contribution >= 0.6 is 0 Å². The molecule has 4 rings (SSSR count). The van der Waals surface area contributed by atoms with E-state index in [0.717, 1.165) is 12.0 Å². The summed E-state index contributed by atoms with van der Waals surface area (Å²) in [5, 5.41) is 0. The lowest BCUT2D eigenvalue weighted by atomic mass is 9.52. The van der Waals surface area contributed by atoms with E-state index in [2.05, 4.69) is 44.0 Å². The average molecular weight is 283 g/mol. The Hall–Kier alpha value is -0.820. The summed E-state index contributed by atoms with van der Waals surface area (Å²) in [4.78, 5) is 2.66. The zero-order valence-corrected chi connectivity index (χ0v) is 13.9. The van der Waals surface area contributed by atoms with Gasteiger partial charge >= 0.3 is 0 Å². The number of piperidine rings is 1. The highest BCUT2D eigenvalue weighted by Gasteiger charge is 2.52. The molecule has 2 fully saturated rings. The minimum absolute atomic E-state index is 0.522. The van der Waals surface area contributed by atoms with Crippen LogP contribution in [-0.4, -0.2) is 24.5 Å². The minimum Gasteiger partial charge on any atom is -0.303 e. The van der Waals surface area contributed by atoms with Gasteiger partial charge in [0.1, 0.15) is 0 Å². The molecule has 0 N–H and O–H groups in total. The van der Waals surface area contributed by atoms with Crippen LogP contribution < -0.4 is 0 Å². The summed E-state index contributed by atoms with van der Waals surface area (Å²) in [6.45, 7) is 5.96. The Morgan fingerprint density at radius 3 is 2.86 bits per heavy atom. The zero-order valence-electron chi connectivity index (χ0n) is 13.9. The van der Waals surface area contributed by atoms with Crippen LogP contribution in [0.4, 0.5) is 0 Å². The Labute approximate surface area is 129 Å². The second-order valence-corrected chi connectivity index (χ2v) is 8.08. The standard InChI is InChI=1S/C20H29N/c1-14(2)15-7-8-16-13-19-17-6-4-5-9-20(17,18(16)12-15)10-11-21(19)3/h7-8,12,14,17,19H,4-6,9-11,13H2,1-3H3. The Balaban J connectivity index is 1.87. The molecule has 0 aromatic heterocycles. The lowest BCUT2D eigenvalue weighted by Gasteiger charge is -2.58. The van der Waals surface area contributed by atoms with Crippen LogP contribution in [-0.2, 0) is 11.8 Å². The van der Waals surface area contributed by atoms with Gasteiger partial charge in [-0.15, -0.1) is 0 Å². The number of likely N-dealkylation sites (N-methyl/N-ethyl adjacent to an activating group) is 1. The lowest BCUT2D eigenvalue weighted by molar-refractivity contribution is 0.00280. The van der Waals surface area contributed by atoms with E-state index in [1.54, 1.807) is 16.7 Å². The molecule has 3 unspecified atom stereocenters.